The molecule has 1 N–H and O–H groups in total. The number of nitrogens with one attached hydrogen (secondary N) is 1. The predicted molar refractivity (Wildman–Crippen MR) is 83.6 cm³/mol. The average Bonchev–Trinajstić information content (AvgIpc) is 2.46. The zero-order chi connectivity index (χ0) is 14.8. The Morgan fingerprint density at radius 3 is 2.75 bits per heavy atom. The number of rotatable bonds is 10. The van der Waals surface area contributed by atoms with E-state index < -0.39 is 10.8 Å². The van der Waals surface area contributed by atoms with Gasteiger partial charge in [0.2, 0.25) is 0 Å². The summed E-state index contributed by atoms with van der Waals surface area (Å²) < 4.78 is 22.3. The second-order valence-electron chi connectivity index (χ2n) is 4.60. The molecule has 0 spiro atoms. The summed E-state index contributed by atoms with van der Waals surface area (Å²) in [7, 11) is 2.34. The highest BCUT2D eigenvalue weighted by Crippen LogP contribution is 2.21. The zero-order valence-electron chi connectivity index (χ0n) is 12.6. The third kappa shape index (κ3) is 6.03. The first kappa shape index (κ1) is 17.1. The molecule has 0 heterocycles. The first-order valence-electron chi connectivity index (χ1n) is 6.91. The predicted octanol–water partition coefficient (Wildman–Crippen LogP) is 2.09. The van der Waals surface area contributed by atoms with Crippen LogP contribution < -0.4 is 10.1 Å². The lowest BCUT2D eigenvalue weighted by atomic mass is 10.1. The van der Waals surface area contributed by atoms with E-state index in [2.05, 4.69) is 18.3 Å². The number of hydrogen-bond donors (Lipinski definition) is 1. The molecule has 0 saturated heterocycles. The molecule has 1 aromatic rings. The van der Waals surface area contributed by atoms with Gasteiger partial charge >= 0.3 is 0 Å². The van der Waals surface area contributed by atoms with Crippen LogP contribution >= 0.6 is 0 Å². The summed E-state index contributed by atoms with van der Waals surface area (Å²) in [5.41, 5.74) is 2.19. The minimum absolute atomic E-state index is 0.508. The quantitative estimate of drug-likeness (QED) is 0.672. The highest BCUT2D eigenvalue weighted by atomic mass is 32.2. The molecule has 0 fully saturated rings. The number of hydrogen-bond acceptors (Lipinski definition) is 4. The fourth-order valence-electron chi connectivity index (χ4n) is 1.89. The summed E-state index contributed by atoms with van der Waals surface area (Å²) >= 11 is 0. The maximum atomic E-state index is 12.0. The molecule has 1 aromatic carbocycles. The molecular weight excluding hydrogens is 274 g/mol. The van der Waals surface area contributed by atoms with E-state index in [-0.39, 0.29) is 0 Å². The Hall–Kier alpha value is -0.910. The summed E-state index contributed by atoms with van der Waals surface area (Å²) in [6.45, 7) is 4.49. The van der Waals surface area contributed by atoms with Crippen molar-refractivity contribution >= 4 is 10.8 Å². The summed E-state index contributed by atoms with van der Waals surface area (Å²) in [4.78, 5) is 0. The lowest BCUT2D eigenvalue weighted by molar-refractivity contribution is 0.218. The molecule has 1 rings (SSSR count). The van der Waals surface area contributed by atoms with Gasteiger partial charge in [-0.05, 0) is 30.7 Å². The standard InChI is InChI=1S/C15H25NO3S/c1-4-7-16-11-13-5-6-15(19-3)14(10-13)12-20(17)9-8-18-2/h5-6,10,16H,4,7-9,11-12H2,1-3H3. The second-order valence-corrected chi connectivity index (χ2v) is 6.18. The molecule has 0 aliphatic heterocycles. The van der Waals surface area contributed by atoms with E-state index in [1.807, 2.05) is 12.1 Å². The number of ether oxygens (including phenoxy) is 2. The number of methoxy groups -OCH3 is 2. The van der Waals surface area contributed by atoms with Crippen LogP contribution in [0.4, 0.5) is 0 Å². The van der Waals surface area contributed by atoms with Crippen LogP contribution in [0.15, 0.2) is 18.2 Å². The van der Waals surface area contributed by atoms with Gasteiger partial charge in [-0.1, -0.05) is 13.0 Å². The van der Waals surface area contributed by atoms with E-state index in [9.17, 15) is 4.21 Å². The normalized spacial score (nSPS) is 12.3. The van der Waals surface area contributed by atoms with Crippen LogP contribution in [0.5, 0.6) is 5.75 Å². The van der Waals surface area contributed by atoms with Gasteiger partial charge in [-0.2, -0.15) is 0 Å². The largest absolute Gasteiger partial charge is 0.496 e. The smallest absolute Gasteiger partial charge is 0.123 e. The fourth-order valence-corrected chi connectivity index (χ4v) is 2.96. The van der Waals surface area contributed by atoms with Crippen molar-refractivity contribution in [3.63, 3.8) is 0 Å². The van der Waals surface area contributed by atoms with Crippen molar-refractivity contribution in [2.45, 2.75) is 25.6 Å². The minimum atomic E-state index is -0.924. The topological polar surface area (TPSA) is 47.6 Å². The molecule has 0 bridgehead atoms. The Morgan fingerprint density at radius 2 is 2.10 bits per heavy atom. The van der Waals surface area contributed by atoms with E-state index in [1.54, 1.807) is 14.2 Å². The van der Waals surface area contributed by atoms with Gasteiger partial charge in [0.1, 0.15) is 5.75 Å². The van der Waals surface area contributed by atoms with Gasteiger partial charge in [0, 0.05) is 35.8 Å². The maximum absolute atomic E-state index is 12.0. The van der Waals surface area contributed by atoms with Crippen molar-refractivity contribution in [3.8, 4) is 5.75 Å². The van der Waals surface area contributed by atoms with E-state index >= 15 is 0 Å². The van der Waals surface area contributed by atoms with E-state index in [4.69, 9.17) is 9.47 Å². The van der Waals surface area contributed by atoms with Gasteiger partial charge < -0.3 is 14.8 Å². The first-order valence-corrected chi connectivity index (χ1v) is 8.40. The Morgan fingerprint density at radius 1 is 1.30 bits per heavy atom. The van der Waals surface area contributed by atoms with Gasteiger partial charge in [-0.3, -0.25) is 4.21 Å². The SMILES string of the molecule is CCCNCc1ccc(OC)c(CS(=O)CCOC)c1. The molecule has 0 saturated carbocycles. The van der Waals surface area contributed by atoms with Crippen LogP contribution in [0.2, 0.25) is 0 Å². The van der Waals surface area contributed by atoms with Gasteiger partial charge in [0.25, 0.3) is 0 Å². The molecule has 1 atom stereocenters. The summed E-state index contributed by atoms with van der Waals surface area (Å²) in [6.07, 6.45) is 1.12. The molecule has 0 aliphatic carbocycles. The minimum Gasteiger partial charge on any atom is -0.496 e. The van der Waals surface area contributed by atoms with Crippen LogP contribution in [0, 0.1) is 0 Å². The molecule has 114 valence electrons. The zero-order valence-corrected chi connectivity index (χ0v) is 13.4. The third-order valence-corrected chi connectivity index (χ3v) is 4.19. The van der Waals surface area contributed by atoms with E-state index in [1.165, 1.54) is 5.56 Å². The molecule has 5 heteroatoms. The van der Waals surface area contributed by atoms with Crippen molar-refractivity contribution < 1.29 is 13.7 Å². The molecule has 20 heavy (non-hydrogen) atoms. The summed E-state index contributed by atoms with van der Waals surface area (Å²) in [5, 5.41) is 3.37. The lowest BCUT2D eigenvalue weighted by Crippen LogP contribution is -2.14. The molecule has 0 aliphatic rings. The Balaban J connectivity index is 2.70. The molecule has 1 unspecified atom stereocenters. The van der Waals surface area contributed by atoms with Gasteiger partial charge in [-0.15, -0.1) is 0 Å². The van der Waals surface area contributed by atoms with Crippen molar-refractivity contribution in [1.29, 1.82) is 0 Å². The Kier molecular flexibility index (Phi) is 8.49. The van der Waals surface area contributed by atoms with Crippen molar-refractivity contribution in [1.82, 2.24) is 5.32 Å². The molecule has 0 aromatic heterocycles. The molecule has 0 radical (unpaired) electrons. The lowest BCUT2D eigenvalue weighted by Gasteiger charge is -2.11. The Labute approximate surface area is 124 Å². The highest BCUT2D eigenvalue weighted by molar-refractivity contribution is 7.84. The van der Waals surface area contributed by atoms with Gasteiger partial charge in [0.05, 0.1) is 19.5 Å². The number of benzene rings is 1. The first-order chi connectivity index (χ1) is 9.71. The molecular formula is C15H25NO3S. The van der Waals surface area contributed by atoms with Crippen LogP contribution in [0.25, 0.3) is 0 Å². The van der Waals surface area contributed by atoms with E-state index in [0.29, 0.717) is 18.1 Å². The van der Waals surface area contributed by atoms with Crippen LogP contribution in [0.3, 0.4) is 0 Å². The average molecular weight is 299 g/mol. The van der Waals surface area contributed by atoms with Gasteiger partial charge in [-0.25, -0.2) is 0 Å². The van der Waals surface area contributed by atoms with Crippen molar-refractivity contribution in [2.24, 2.45) is 0 Å². The molecule has 0 amide bonds. The van der Waals surface area contributed by atoms with Crippen LogP contribution in [-0.2, 0) is 27.8 Å². The second kappa shape index (κ2) is 9.91. The van der Waals surface area contributed by atoms with Gasteiger partial charge in [0.15, 0.2) is 0 Å². The Bertz CT molecular complexity index is 424. The van der Waals surface area contributed by atoms with Crippen LogP contribution in [0.1, 0.15) is 24.5 Å². The fraction of sp³-hybridized carbons (Fsp3) is 0.600. The summed E-state index contributed by atoms with van der Waals surface area (Å²) in [5.74, 6) is 1.86. The summed E-state index contributed by atoms with van der Waals surface area (Å²) in [6, 6.07) is 6.07. The van der Waals surface area contributed by atoms with E-state index in [0.717, 1.165) is 30.8 Å². The van der Waals surface area contributed by atoms with Crippen molar-refractivity contribution in [3.05, 3.63) is 29.3 Å². The third-order valence-electron chi connectivity index (χ3n) is 2.93. The monoisotopic (exact) mass is 299 g/mol. The maximum Gasteiger partial charge on any atom is 0.123 e. The van der Waals surface area contributed by atoms with Crippen molar-refractivity contribution in [2.75, 3.05) is 33.1 Å². The highest BCUT2D eigenvalue weighted by Gasteiger charge is 2.09. The molecule has 4 nitrogen and oxygen atoms in total. The van der Waals surface area contributed by atoms with Crippen LogP contribution in [-0.4, -0.2) is 37.3 Å².